The molecule has 122 valence electrons. The van der Waals surface area contributed by atoms with Gasteiger partial charge in [-0.1, -0.05) is 36.4 Å². The van der Waals surface area contributed by atoms with E-state index in [4.69, 9.17) is 0 Å². The molecule has 4 nitrogen and oxygen atoms in total. The lowest BCUT2D eigenvalue weighted by Gasteiger charge is -2.24. The molecule has 0 aliphatic heterocycles. The van der Waals surface area contributed by atoms with Crippen LogP contribution in [0.1, 0.15) is 35.7 Å². The Morgan fingerprint density at radius 2 is 1.96 bits per heavy atom. The Balaban J connectivity index is 1.47. The molecule has 1 N–H and O–H groups in total. The molecule has 0 spiro atoms. The molecule has 0 fully saturated rings. The summed E-state index contributed by atoms with van der Waals surface area (Å²) in [4.78, 5) is 4.44. The molecule has 1 atom stereocenters. The highest BCUT2D eigenvalue weighted by Gasteiger charge is 2.24. The summed E-state index contributed by atoms with van der Waals surface area (Å²) in [5.41, 5.74) is 4.02. The third-order valence-electron chi connectivity index (χ3n) is 4.70. The van der Waals surface area contributed by atoms with E-state index in [2.05, 4.69) is 45.7 Å². The van der Waals surface area contributed by atoms with Crippen molar-refractivity contribution in [1.29, 1.82) is 0 Å². The van der Waals surface area contributed by atoms with Crippen molar-refractivity contribution in [2.24, 2.45) is 0 Å². The topological polar surface area (TPSA) is 42.7 Å². The molecule has 0 amide bonds. The maximum atomic E-state index is 4.60. The van der Waals surface area contributed by atoms with Crippen molar-refractivity contribution < 1.29 is 0 Å². The van der Waals surface area contributed by atoms with Crippen molar-refractivity contribution >= 4 is 0 Å². The SMILES string of the molecule is c1ccc(CCNC2CCCc3c2cnn3-c2ccccn2)cc1. The predicted molar refractivity (Wildman–Crippen MR) is 95.2 cm³/mol. The van der Waals surface area contributed by atoms with E-state index in [1.54, 1.807) is 0 Å². The van der Waals surface area contributed by atoms with Gasteiger partial charge in [-0.05, 0) is 49.9 Å². The third kappa shape index (κ3) is 3.10. The van der Waals surface area contributed by atoms with Crippen molar-refractivity contribution in [3.63, 3.8) is 0 Å². The highest BCUT2D eigenvalue weighted by Crippen LogP contribution is 2.30. The van der Waals surface area contributed by atoms with Gasteiger partial charge in [0.25, 0.3) is 0 Å². The molecule has 1 unspecified atom stereocenters. The van der Waals surface area contributed by atoms with Gasteiger partial charge < -0.3 is 5.32 Å². The number of hydrogen-bond acceptors (Lipinski definition) is 3. The Morgan fingerprint density at radius 1 is 1.08 bits per heavy atom. The summed E-state index contributed by atoms with van der Waals surface area (Å²) in [5.74, 6) is 0.906. The van der Waals surface area contributed by atoms with Gasteiger partial charge in [-0.25, -0.2) is 9.67 Å². The van der Waals surface area contributed by atoms with Gasteiger partial charge in [0.1, 0.15) is 0 Å². The lowest BCUT2D eigenvalue weighted by Crippen LogP contribution is -2.27. The van der Waals surface area contributed by atoms with Crippen LogP contribution in [-0.2, 0) is 12.8 Å². The number of hydrogen-bond donors (Lipinski definition) is 1. The number of fused-ring (bicyclic) bond motifs is 1. The molecule has 3 aromatic rings. The standard InChI is InChI=1S/C20H22N4/c1-2-7-16(8-3-1)12-14-21-18-9-6-10-19-17(18)15-23-24(19)20-11-4-5-13-22-20/h1-5,7-8,11,13,15,18,21H,6,9-10,12,14H2. The Bertz CT molecular complexity index is 780. The van der Waals surface area contributed by atoms with Gasteiger partial charge in [0.15, 0.2) is 5.82 Å². The number of nitrogens with one attached hydrogen (secondary N) is 1. The Kier molecular flexibility index (Phi) is 4.38. The Hall–Kier alpha value is -2.46. The molecule has 0 saturated carbocycles. The second kappa shape index (κ2) is 6.97. The van der Waals surface area contributed by atoms with Crippen LogP contribution in [0.15, 0.2) is 60.9 Å². The van der Waals surface area contributed by atoms with Crippen LogP contribution in [0.2, 0.25) is 0 Å². The second-order valence-corrected chi connectivity index (χ2v) is 6.28. The maximum absolute atomic E-state index is 4.60. The fourth-order valence-corrected chi connectivity index (χ4v) is 3.48. The molecule has 4 rings (SSSR count). The van der Waals surface area contributed by atoms with Gasteiger partial charge in [-0.15, -0.1) is 0 Å². The summed E-state index contributed by atoms with van der Waals surface area (Å²) in [5, 5.41) is 8.32. The van der Waals surface area contributed by atoms with Crippen LogP contribution in [0, 0.1) is 0 Å². The van der Waals surface area contributed by atoms with Gasteiger partial charge in [0.05, 0.1) is 11.9 Å². The van der Waals surface area contributed by atoms with Gasteiger partial charge in [-0.2, -0.15) is 5.10 Å². The minimum Gasteiger partial charge on any atom is -0.309 e. The van der Waals surface area contributed by atoms with E-state index in [1.165, 1.54) is 29.7 Å². The number of benzene rings is 1. The zero-order chi connectivity index (χ0) is 16.2. The summed E-state index contributed by atoms with van der Waals surface area (Å²) < 4.78 is 2.00. The largest absolute Gasteiger partial charge is 0.309 e. The zero-order valence-electron chi connectivity index (χ0n) is 13.7. The molecular weight excluding hydrogens is 296 g/mol. The minimum absolute atomic E-state index is 0.398. The molecule has 0 radical (unpaired) electrons. The van der Waals surface area contributed by atoms with Crippen molar-refractivity contribution in [3.8, 4) is 5.82 Å². The van der Waals surface area contributed by atoms with E-state index in [1.807, 2.05) is 35.3 Å². The Labute approximate surface area is 142 Å². The fraction of sp³-hybridized carbons (Fsp3) is 0.300. The van der Waals surface area contributed by atoms with Gasteiger partial charge in [0, 0.05) is 17.8 Å². The molecule has 1 aromatic carbocycles. The maximum Gasteiger partial charge on any atom is 0.153 e. The summed E-state index contributed by atoms with van der Waals surface area (Å²) in [7, 11) is 0. The molecule has 0 bridgehead atoms. The summed E-state index contributed by atoms with van der Waals surface area (Å²) >= 11 is 0. The zero-order valence-corrected chi connectivity index (χ0v) is 13.7. The van der Waals surface area contributed by atoms with Crippen LogP contribution in [-0.4, -0.2) is 21.3 Å². The van der Waals surface area contributed by atoms with E-state index in [-0.39, 0.29) is 0 Å². The number of pyridine rings is 1. The first-order valence-corrected chi connectivity index (χ1v) is 8.67. The third-order valence-corrected chi connectivity index (χ3v) is 4.70. The Morgan fingerprint density at radius 3 is 2.79 bits per heavy atom. The van der Waals surface area contributed by atoms with Crippen LogP contribution in [0.4, 0.5) is 0 Å². The number of nitrogens with zero attached hydrogens (tertiary/aromatic N) is 3. The van der Waals surface area contributed by atoms with Crippen LogP contribution in [0.5, 0.6) is 0 Å². The molecule has 2 aromatic heterocycles. The lowest BCUT2D eigenvalue weighted by atomic mass is 9.93. The monoisotopic (exact) mass is 318 g/mol. The molecule has 2 heterocycles. The van der Waals surface area contributed by atoms with E-state index >= 15 is 0 Å². The van der Waals surface area contributed by atoms with Crippen LogP contribution < -0.4 is 5.32 Å². The number of rotatable bonds is 5. The van der Waals surface area contributed by atoms with E-state index in [0.717, 1.165) is 25.2 Å². The van der Waals surface area contributed by atoms with E-state index in [0.29, 0.717) is 6.04 Å². The predicted octanol–water partition coefficient (Wildman–Crippen LogP) is 3.48. The first-order chi connectivity index (χ1) is 11.9. The molecule has 24 heavy (non-hydrogen) atoms. The van der Waals surface area contributed by atoms with Gasteiger partial charge in [-0.3, -0.25) is 0 Å². The van der Waals surface area contributed by atoms with Gasteiger partial charge >= 0.3 is 0 Å². The van der Waals surface area contributed by atoms with Crippen LogP contribution in [0.3, 0.4) is 0 Å². The second-order valence-electron chi connectivity index (χ2n) is 6.28. The molecule has 0 saturated heterocycles. The molecule has 1 aliphatic rings. The van der Waals surface area contributed by atoms with E-state index in [9.17, 15) is 0 Å². The van der Waals surface area contributed by atoms with Gasteiger partial charge in [0.2, 0.25) is 0 Å². The van der Waals surface area contributed by atoms with Crippen molar-refractivity contribution in [1.82, 2.24) is 20.1 Å². The first kappa shape index (κ1) is 15.1. The smallest absolute Gasteiger partial charge is 0.153 e. The van der Waals surface area contributed by atoms with Crippen molar-refractivity contribution in [3.05, 3.63) is 77.7 Å². The normalized spacial score (nSPS) is 16.8. The average Bonchev–Trinajstić information content (AvgIpc) is 3.08. The highest BCUT2D eigenvalue weighted by atomic mass is 15.3. The lowest BCUT2D eigenvalue weighted by molar-refractivity contribution is 0.458. The molecular formula is C20H22N4. The fourth-order valence-electron chi connectivity index (χ4n) is 3.48. The average molecular weight is 318 g/mol. The van der Waals surface area contributed by atoms with Crippen LogP contribution >= 0.6 is 0 Å². The van der Waals surface area contributed by atoms with Crippen molar-refractivity contribution in [2.45, 2.75) is 31.7 Å². The molecule has 1 aliphatic carbocycles. The van der Waals surface area contributed by atoms with Crippen molar-refractivity contribution in [2.75, 3.05) is 6.54 Å². The van der Waals surface area contributed by atoms with Crippen LogP contribution in [0.25, 0.3) is 5.82 Å². The molecule has 4 heteroatoms. The van der Waals surface area contributed by atoms with E-state index < -0.39 is 0 Å². The number of aromatic nitrogens is 3. The summed E-state index contributed by atoms with van der Waals surface area (Å²) in [6.07, 6.45) is 8.33. The quantitative estimate of drug-likeness (QED) is 0.783. The summed E-state index contributed by atoms with van der Waals surface area (Å²) in [6.45, 7) is 0.989. The first-order valence-electron chi connectivity index (χ1n) is 8.67. The minimum atomic E-state index is 0.398. The highest BCUT2D eigenvalue weighted by molar-refractivity contribution is 5.32. The summed E-state index contributed by atoms with van der Waals surface area (Å²) in [6, 6.07) is 17.0.